The molecule has 0 bridgehead atoms. The lowest BCUT2D eigenvalue weighted by molar-refractivity contribution is -0.134. The molecule has 0 unspecified atom stereocenters. The number of benzene rings is 5. The van der Waals surface area contributed by atoms with Crippen LogP contribution in [-0.2, 0) is 34.0 Å². The molecule has 0 aliphatic carbocycles. The number of furan rings is 2. The third kappa shape index (κ3) is 20.1. The summed E-state index contributed by atoms with van der Waals surface area (Å²) in [4.78, 5) is 69.1. The molecule has 0 spiro atoms. The van der Waals surface area contributed by atoms with Gasteiger partial charge < -0.3 is 29.9 Å². The van der Waals surface area contributed by atoms with E-state index < -0.39 is 17.9 Å². The van der Waals surface area contributed by atoms with Crippen LogP contribution in [-0.4, -0.2) is 85.7 Å². The zero-order chi connectivity index (χ0) is 57.3. The highest BCUT2D eigenvalue weighted by atomic mass is 35.5. The molecular weight excluding hydrogens is 1200 g/mol. The van der Waals surface area contributed by atoms with Crippen LogP contribution in [0.3, 0.4) is 0 Å². The van der Waals surface area contributed by atoms with E-state index in [2.05, 4.69) is 24.4 Å². The Balaban J connectivity index is 0.000000231. The van der Waals surface area contributed by atoms with Gasteiger partial charge in [-0.15, -0.1) is 11.6 Å². The Morgan fingerprint density at radius 1 is 0.628 bits per heavy atom. The van der Waals surface area contributed by atoms with E-state index in [1.54, 1.807) is 65.6 Å². The number of halogens is 4. The van der Waals surface area contributed by atoms with Crippen molar-refractivity contribution in [3.8, 4) is 22.6 Å². The summed E-state index contributed by atoms with van der Waals surface area (Å²) in [5.74, 6) is -1.07. The largest absolute Gasteiger partial charge is 0.480 e. The number of carboxylic acid groups (broad SMARTS) is 3. The number of aromatic carboxylic acids is 2. The predicted molar refractivity (Wildman–Crippen MR) is 323 cm³/mol. The number of thioether (sulfide) groups is 2. The molecule has 9 rings (SSSR count). The first kappa shape index (κ1) is 64.2. The second-order valence-corrected chi connectivity index (χ2v) is 20.6. The van der Waals surface area contributed by atoms with Gasteiger partial charge >= 0.3 is 17.9 Å². The summed E-state index contributed by atoms with van der Waals surface area (Å²) >= 11 is 43.7. The van der Waals surface area contributed by atoms with Gasteiger partial charge in [0.15, 0.2) is 12.0 Å². The van der Waals surface area contributed by atoms with Gasteiger partial charge in [-0.1, -0.05) is 162 Å². The molecule has 2 saturated heterocycles. The lowest BCUT2D eigenvalue weighted by atomic mass is 10.1. The Kier molecular flexibility index (Phi) is 27.3. The van der Waals surface area contributed by atoms with Crippen LogP contribution < -0.4 is 5.73 Å². The highest BCUT2D eigenvalue weighted by molar-refractivity contribution is 8.26. The molecule has 2 fully saturated rings. The topological polar surface area (TPSA) is 222 Å². The zero-order valence-corrected chi connectivity index (χ0v) is 48.0. The number of carboxylic acids is 3. The third-order valence-corrected chi connectivity index (χ3v) is 14.2. The van der Waals surface area contributed by atoms with Gasteiger partial charge in [0.1, 0.15) is 31.8 Å². The highest BCUT2D eigenvalue weighted by Crippen LogP contribution is 2.35. The molecule has 24 heteroatoms. The molecule has 0 atom stereocenters. The van der Waals surface area contributed by atoms with Crippen LogP contribution in [0, 0.1) is 0 Å². The minimum atomic E-state index is -0.986. The van der Waals surface area contributed by atoms with E-state index in [-0.39, 0.29) is 34.6 Å². The Morgan fingerprint density at radius 3 is 1.40 bits per heavy atom. The highest BCUT2D eigenvalue weighted by Gasteiger charge is 2.33. The van der Waals surface area contributed by atoms with Gasteiger partial charge in [-0.05, 0) is 108 Å². The average Bonchev–Trinajstić information content (AvgIpc) is 4.25. The number of nitrogens with zero attached hydrogens (tertiary/aromatic N) is 2. The Hall–Kier alpha value is -6.36. The van der Waals surface area contributed by atoms with Crippen molar-refractivity contribution in [1.82, 2.24) is 9.80 Å². The van der Waals surface area contributed by atoms with Gasteiger partial charge in [-0.25, -0.2) is 9.59 Å². The van der Waals surface area contributed by atoms with E-state index >= 15 is 0 Å². The second kappa shape index (κ2) is 33.2. The van der Waals surface area contributed by atoms with Gasteiger partial charge in [0, 0.05) is 43.1 Å². The number of nitrogens with two attached hydrogens (primary N) is 1. The van der Waals surface area contributed by atoms with E-state index in [1.807, 2.05) is 71.0 Å². The number of alkyl halides is 1. The normalized spacial score (nSPS) is 12.7. The summed E-state index contributed by atoms with van der Waals surface area (Å²) in [7, 11) is 0. The van der Waals surface area contributed by atoms with Crippen LogP contribution in [0.15, 0.2) is 159 Å². The number of carbonyl (C=O) groups is 6. The van der Waals surface area contributed by atoms with Crippen molar-refractivity contribution in [2.45, 2.75) is 19.6 Å². The Labute approximate surface area is 497 Å². The third-order valence-electron chi connectivity index (χ3n) is 10.1. The molecule has 0 saturated carbocycles. The fourth-order valence-electron chi connectivity index (χ4n) is 6.27. The van der Waals surface area contributed by atoms with Crippen molar-refractivity contribution >= 4 is 174 Å². The zero-order valence-electron chi connectivity index (χ0n) is 40.1. The van der Waals surface area contributed by atoms with Crippen LogP contribution >= 0.6 is 119 Å². The van der Waals surface area contributed by atoms with Crippen molar-refractivity contribution in [3.63, 3.8) is 0 Å². The van der Waals surface area contributed by atoms with Gasteiger partial charge in [-0.3, -0.25) is 29.0 Å². The van der Waals surface area contributed by atoms with Crippen LogP contribution in [0.1, 0.15) is 53.7 Å². The molecule has 14 nitrogen and oxygen atoms in total. The monoisotopic (exact) mass is 1240 g/mol. The number of thiocarbonyl (C=S) groups is 4. The average molecular weight is 1240 g/mol. The van der Waals surface area contributed by atoms with E-state index in [9.17, 15) is 28.8 Å². The van der Waals surface area contributed by atoms with E-state index in [0.29, 0.717) is 72.5 Å². The molecule has 5 aromatic carbocycles. The van der Waals surface area contributed by atoms with Crippen molar-refractivity contribution in [1.29, 1.82) is 0 Å². The van der Waals surface area contributed by atoms with E-state index in [0.717, 1.165) is 32.8 Å². The van der Waals surface area contributed by atoms with Crippen LogP contribution in [0.5, 0.6) is 0 Å². The molecule has 4 heterocycles. The van der Waals surface area contributed by atoms with Gasteiger partial charge in [0.2, 0.25) is 5.91 Å². The predicted octanol–water partition coefficient (Wildman–Crippen LogP) is 14.0. The quantitative estimate of drug-likeness (QED) is 0.0386. The Morgan fingerprint density at radius 2 is 1.04 bits per heavy atom. The lowest BCUT2D eigenvalue weighted by Crippen LogP contribution is -2.27. The molecule has 78 heavy (non-hydrogen) atoms. The minimum Gasteiger partial charge on any atom is -0.480 e. The SMILES string of the molecule is NCc1ccccc1Cl.O=C(O)CCl.O=C(O)c1ccc(-c2ccc(/C=C3\SC(=S)N(Cc4ccccc4Cl)C3=O)o2)cc1.O=C1CSC(=S)N1Cc1ccccc1Cl.O=Cc1ccc(-c2ccc(C(=O)O)cc2)o1.S=C=S. The summed E-state index contributed by atoms with van der Waals surface area (Å²) < 4.78 is 14.0. The number of rotatable bonds is 12. The van der Waals surface area contributed by atoms with Gasteiger partial charge in [0.05, 0.1) is 34.9 Å². The van der Waals surface area contributed by atoms with Gasteiger partial charge in [-0.2, -0.15) is 0 Å². The molecule has 5 N–H and O–H groups in total. The Bertz CT molecular complexity index is 3310. The maximum atomic E-state index is 12.8. The number of carbonyl (C=O) groups excluding carboxylic acids is 3. The maximum Gasteiger partial charge on any atom is 0.335 e. The molecule has 2 aromatic heterocycles. The van der Waals surface area contributed by atoms with Crippen molar-refractivity contribution in [2.75, 3.05) is 11.6 Å². The van der Waals surface area contributed by atoms with Crippen LogP contribution in [0.25, 0.3) is 28.7 Å². The summed E-state index contributed by atoms with van der Waals surface area (Å²) in [6.45, 7) is 1.30. The standard InChI is InChI=1S/C22H14ClNO4S2.C12H8O4.C10H8ClNOS2.C7H8ClN.C2H3ClO2.CS2/c23-17-4-2-1-3-15(17)12-24-20(25)19(30-22(24)29)11-16-9-10-18(28-16)13-5-7-14(8-6-13)21(26)27;13-7-10-5-6-11(16-10)8-1-3-9(4-2-8)12(14)15;11-8-4-2-1-3-7(8)5-12-9(13)6-15-10(12)14;8-7-4-2-1-3-6(7)5-9;3-1-2(4)5;2-1-3/h1-11H,12H2,(H,26,27);1-7H,(H,14,15);1-4H,5-6H2;1-4H,5,9H2;1H2,(H,4,5);/b19-11-;;;;;. The maximum absolute atomic E-state index is 12.8. The van der Waals surface area contributed by atoms with Gasteiger partial charge in [0.25, 0.3) is 5.91 Å². The fraction of sp³-hybridized carbons (Fsp3) is 0.0926. The molecule has 7 aromatic rings. The molecule has 0 radical (unpaired) electrons. The molecular formula is C54H41Cl4N3O11S6. The van der Waals surface area contributed by atoms with Crippen molar-refractivity contribution in [2.24, 2.45) is 5.73 Å². The second-order valence-electron chi connectivity index (χ2n) is 15.2. The molecule has 2 aliphatic heterocycles. The molecule has 2 aliphatic rings. The first-order valence-corrected chi connectivity index (χ1v) is 27.2. The van der Waals surface area contributed by atoms with Crippen molar-refractivity contribution < 1.29 is 52.9 Å². The number of aldehydes is 1. The number of aliphatic carboxylic acids is 1. The van der Waals surface area contributed by atoms with E-state index in [1.165, 1.54) is 52.7 Å². The van der Waals surface area contributed by atoms with Crippen molar-refractivity contribution in [3.05, 3.63) is 205 Å². The summed E-state index contributed by atoms with van der Waals surface area (Å²) in [5, 5.41) is 27.3. The molecule has 402 valence electrons. The first-order chi connectivity index (χ1) is 37.3. The van der Waals surface area contributed by atoms with Crippen LogP contribution in [0.2, 0.25) is 15.1 Å². The number of amides is 2. The first-order valence-electron chi connectivity index (χ1n) is 22.1. The summed E-state index contributed by atoms with van der Waals surface area (Å²) in [6, 6.07) is 41.8. The summed E-state index contributed by atoms with van der Waals surface area (Å²) in [6.07, 6.45) is 2.27. The summed E-state index contributed by atoms with van der Waals surface area (Å²) in [5.41, 5.74) is 10.0. The minimum absolute atomic E-state index is 0.0601. The lowest BCUT2D eigenvalue weighted by Gasteiger charge is -2.15. The number of hydrogen-bond donors (Lipinski definition) is 4. The molecule has 2 amide bonds. The van der Waals surface area contributed by atoms with E-state index in [4.69, 9.17) is 101 Å². The number of hydrogen-bond acceptors (Lipinski definition) is 15. The van der Waals surface area contributed by atoms with Crippen LogP contribution in [0.4, 0.5) is 0 Å². The smallest absolute Gasteiger partial charge is 0.335 e. The fourth-order valence-corrected chi connectivity index (χ4v) is 9.18.